The Morgan fingerprint density at radius 1 is 1.06 bits per heavy atom. The van der Waals surface area contributed by atoms with E-state index in [-0.39, 0.29) is 0 Å². The second-order valence-electron chi connectivity index (χ2n) is 6.28. The van der Waals surface area contributed by atoms with Gasteiger partial charge in [0.05, 0.1) is 6.20 Å². The molecule has 2 saturated heterocycles. The highest BCUT2D eigenvalue weighted by atomic mass is 35.5. The minimum Gasteiger partial charge on any atom is -0.352 e. The molecule has 2 aliphatic heterocycles. The Hall–Kier alpha value is -0.830. The second-order valence-corrected chi connectivity index (χ2v) is 6.68. The van der Waals surface area contributed by atoms with E-state index >= 15 is 0 Å². The maximum Gasteiger partial charge on any atom is 0.151 e. The van der Waals surface area contributed by atoms with Crippen molar-refractivity contribution in [2.24, 2.45) is 17.8 Å². The first-order chi connectivity index (χ1) is 8.79. The molecular formula is C14H18ClN3. The van der Waals surface area contributed by atoms with E-state index in [2.05, 4.69) is 14.9 Å². The smallest absolute Gasteiger partial charge is 0.151 e. The molecule has 96 valence electrons. The van der Waals surface area contributed by atoms with Crippen molar-refractivity contribution in [3.63, 3.8) is 0 Å². The first-order valence-corrected chi connectivity index (χ1v) is 7.39. The molecule has 0 radical (unpaired) electrons. The molecule has 0 spiro atoms. The van der Waals surface area contributed by atoms with Crippen LogP contribution in [0.5, 0.6) is 0 Å². The molecule has 18 heavy (non-hydrogen) atoms. The standard InChI is InChI=1S/C14H18ClN3/c15-13-6-16-8-17-14(13)18-7-11-2-9-1-10(3-11)5-12(18)4-9/h6,8-12H,1-5,7H2. The third-order valence-corrected chi connectivity index (χ3v) is 5.29. The summed E-state index contributed by atoms with van der Waals surface area (Å²) in [5.41, 5.74) is 0. The zero-order valence-corrected chi connectivity index (χ0v) is 11.2. The van der Waals surface area contributed by atoms with Gasteiger partial charge in [0.1, 0.15) is 11.3 Å². The van der Waals surface area contributed by atoms with Crippen molar-refractivity contribution in [1.82, 2.24) is 9.97 Å². The average Bonchev–Trinajstić information content (AvgIpc) is 2.54. The summed E-state index contributed by atoms with van der Waals surface area (Å²) in [6.07, 6.45) is 10.3. The topological polar surface area (TPSA) is 29.0 Å². The third kappa shape index (κ3) is 1.71. The lowest BCUT2D eigenvalue weighted by molar-refractivity contribution is 0.157. The molecule has 4 aliphatic rings. The molecule has 4 fully saturated rings. The van der Waals surface area contributed by atoms with Gasteiger partial charge < -0.3 is 4.90 Å². The number of hydrogen-bond donors (Lipinski definition) is 0. The summed E-state index contributed by atoms with van der Waals surface area (Å²) in [5, 5.41) is 0.707. The molecule has 4 heteroatoms. The van der Waals surface area contributed by atoms with Gasteiger partial charge >= 0.3 is 0 Å². The highest BCUT2D eigenvalue weighted by molar-refractivity contribution is 6.32. The molecule has 3 heterocycles. The fraction of sp³-hybridized carbons (Fsp3) is 0.714. The Labute approximate surface area is 113 Å². The van der Waals surface area contributed by atoms with Gasteiger partial charge in [-0.1, -0.05) is 11.6 Å². The number of aromatic nitrogens is 2. The van der Waals surface area contributed by atoms with Crippen molar-refractivity contribution < 1.29 is 0 Å². The fourth-order valence-electron chi connectivity index (χ4n) is 4.56. The largest absolute Gasteiger partial charge is 0.352 e. The van der Waals surface area contributed by atoms with Gasteiger partial charge in [-0.25, -0.2) is 9.97 Å². The molecule has 0 N–H and O–H groups in total. The quantitative estimate of drug-likeness (QED) is 0.779. The molecule has 1 aromatic rings. The number of hydrogen-bond acceptors (Lipinski definition) is 3. The maximum atomic E-state index is 6.28. The maximum absolute atomic E-state index is 6.28. The zero-order chi connectivity index (χ0) is 12.1. The summed E-state index contributed by atoms with van der Waals surface area (Å²) in [5.74, 6) is 3.73. The lowest BCUT2D eigenvalue weighted by atomic mass is 9.68. The van der Waals surface area contributed by atoms with E-state index in [1.807, 2.05) is 0 Å². The van der Waals surface area contributed by atoms with Gasteiger partial charge in [0.15, 0.2) is 5.82 Å². The van der Waals surface area contributed by atoms with E-state index in [1.54, 1.807) is 12.5 Å². The van der Waals surface area contributed by atoms with Crippen molar-refractivity contribution >= 4 is 17.4 Å². The van der Waals surface area contributed by atoms with Gasteiger partial charge in [0.2, 0.25) is 0 Å². The second kappa shape index (κ2) is 4.09. The number of rotatable bonds is 1. The van der Waals surface area contributed by atoms with E-state index in [0.29, 0.717) is 11.1 Å². The highest BCUT2D eigenvalue weighted by Crippen LogP contribution is 2.48. The lowest BCUT2D eigenvalue weighted by Crippen LogP contribution is -2.38. The van der Waals surface area contributed by atoms with E-state index in [4.69, 9.17) is 11.6 Å². The Bertz CT molecular complexity index is 450. The minimum atomic E-state index is 0.661. The van der Waals surface area contributed by atoms with Crippen LogP contribution in [-0.4, -0.2) is 22.6 Å². The van der Waals surface area contributed by atoms with E-state index in [1.165, 1.54) is 32.1 Å². The first kappa shape index (κ1) is 11.0. The molecule has 2 unspecified atom stereocenters. The summed E-state index contributed by atoms with van der Waals surface area (Å²) in [6.45, 7) is 1.15. The molecule has 5 rings (SSSR count). The lowest BCUT2D eigenvalue weighted by Gasteiger charge is -2.39. The van der Waals surface area contributed by atoms with Crippen LogP contribution in [0.1, 0.15) is 32.1 Å². The van der Waals surface area contributed by atoms with Crippen LogP contribution in [0.2, 0.25) is 5.02 Å². The summed E-state index contributed by atoms with van der Waals surface area (Å²) in [7, 11) is 0. The van der Waals surface area contributed by atoms with Gasteiger partial charge in [0.25, 0.3) is 0 Å². The normalized spacial score (nSPS) is 37.9. The van der Waals surface area contributed by atoms with Crippen molar-refractivity contribution in [1.29, 1.82) is 0 Å². The predicted octanol–water partition coefficient (Wildman–Crippen LogP) is 3.14. The molecule has 4 bridgehead atoms. The number of fused-ring (bicyclic) bond motifs is 1. The van der Waals surface area contributed by atoms with Crippen molar-refractivity contribution in [2.45, 2.75) is 38.1 Å². The molecular weight excluding hydrogens is 246 g/mol. The number of nitrogens with zero attached hydrogens (tertiary/aromatic N) is 3. The average molecular weight is 264 g/mol. The van der Waals surface area contributed by atoms with Crippen LogP contribution in [-0.2, 0) is 0 Å². The molecule has 0 amide bonds. The van der Waals surface area contributed by atoms with Gasteiger partial charge in [-0.2, -0.15) is 0 Å². The summed E-state index contributed by atoms with van der Waals surface area (Å²) in [6, 6.07) is 0.661. The molecule has 2 aliphatic carbocycles. The van der Waals surface area contributed by atoms with Crippen LogP contribution in [0.3, 0.4) is 0 Å². The van der Waals surface area contributed by atoms with Crippen molar-refractivity contribution in [3.8, 4) is 0 Å². The SMILES string of the molecule is Clc1cncnc1N1CC2CC3CC(C2)CC1C3. The van der Waals surface area contributed by atoms with Crippen molar-refractivity contribution in [3.05, 3.63) is 17.5 Å². The van der Waals surface area contributed by atoms with Crippen LogP contribution < -0.4 is 4.90 Å². The van der Waals surface area contributed by atoms with E-state index < -0.39 is 0 Å². The summed E-state index contributed by atoms with van der Waals surface area (Å²) in [4.78, 5) is 10.9. The summed E-state index contributed by atoms with van der Waals surface area (Å²) < 4.78 is 0. The molecule has 0 aromatic carbocycles. The van der Waals surface area contributed by atoms with Crippen LogP contribution >= 0.6 is 11.6 Å². The molecule has 3 nitrogen and oxygen atoms in total. The van der Waals surface area contributed by atoms with Crippen LogP contribution in [0.15, 0.2) is 12.5 Å². The number of anilines is 1. The monoisotopic (exact) mass is 263 g/mol. The highest BCUT2D eigenvalue weighted by Gasteiger charge is 2.43. The van der Waals surface area contributed by atoms with Crippen LogP contribution in [0.25, 0.3) is 0 Å². The number of halogens is 1. The van der Waals surface area contributed by atoms with Gasteiger partial charge in [0, 0.05) is 12.6 Å². The molecule has 1 aromatic heterocycles. The molecule has 2 atom stereocenters. The predicted molar refractivity (Wildman–Crippen MR) is 71.7 cm³/mol. The van der Waals surface area contributed by atoms with Gasteiger partial charge in [-0.05, 0) is 49.9 Å². The van der Waals surface area contributed by atoms with Gasteiger partial charge in [-0.15, -0.1) is 0 Å². The Morgan fingerprint density at radius 2 is 1.78 bits per heavy atom. The van der Waals surface area contributed by atoms with E-state index in [0.717, 1.165) is 30.1 Å². The molecule has 2 saturated carbocycles. The van der Waals surface area contributed by atoms with Crippen LogP contribution in [0.4, 0.5) is 5.82 Å². The fourth-order valence-corrected chi connectivity index (χ4v) is 4.77. The Balaban J connectivity index is 1.72. The third-order valence-electron chi connectivity index (χ3n) is 5.03. The zero-order valence-electron chi connectivity index (χ0n) is 10.4. The Kier molecular flexibility index (Phi) is 2.51. The Morgan fingerprint density at radius 3 is 2.50 bits per heavy atom. The van der Waals surface area contributed by atoms with E-state index in [9.17, 15) is 0 Å². The van der Waals surface area contributed by atoms with Crippen LogP contribution in [0, 0.1) is 17.8 Å². The minimum absolute atomic E-state index is 0.661. The van der Waals surface area contributed by atoms with Gasteiger partial charge in [-0.3, -0.25) is 0 Å². The first-order valence-electron chi connectivity index (χ1n) is 7.01. The van der Waals surface area contributed by atoms with Crippen molar-refractivity contribution in [2.75, 3.05) is 11.4 Å². The summed E-state index contributed by atoms with van der Waals surface area (Å²) >= 11 is 6.28.